The van der Waals surface area contributed by atoms with Crippen LogP contribution < -0.4 is 14.8 Å². The maximum Gasteiger partial charge on any atom is 0.306 e. The van der Waals surface area contributed by atoms with Gasteiger partial charge in [-0.2, -0.15) is 5.26 Å². The summed E-state index contributed by atoms with van der Waals surface area (Å²) in [6.45, 7) is 0.588. The van der Waals surface area contributed by atoms with Crippen LogP contribution in [-0.2, 0) is 14.3 Å². The molecular weight excluding hydrogens is 396 g/mol. The summed E-state index contributed by atoms with van der Waals surface area (Å²) in [7, 11) is 0. The predicted octanol–water partition coefficient (Wildman–Crippen LogP) is 2.93. The van der Waals surface area contributed by atoms with Crippen LogP contribution in [0.3, 0.4) is 0 Å². The van der Waals surface area contributed by atoms with Crippen LogP contribution in [0.4, 0.5) is 5.00 Å². The fourth-order valence-corrected chi connectivity index (χ4v) is 3.33. The quantitative estimate of drug-likeness (QED) is 0.547. The van der Waals surface area contributed by atoms with Crippen molar-refractivity contribution in [2.75, 3.05) is 25.1 Å². The molecule has 2 aromatic rings. The third-order valence-electron chi connectivity index (χ3n) is 4.03. The number of nitrogens with one attached hydrogen (secondary N) is 1. The van der Waals surface area contributed by atoms with Gasteiger partial charge in [0.25, 0.3) is 5.91 Å². The molecule has 1 aliphatic rings. The van der Waals surface area contributed by atoms with Crippen molar-refractivity contribution in [3.05, 3.63) is 40.8 Å². The Hall–Kier alpha value is -3.38. The van der Waals surface area contributed by atoms with E-state index in [1.807, 2.05) is 6.07 Å². The highest BCUT2D eigenvalue weighted by Gasteiger charge is 2.16. The Labute approximate surface area is 171 Å². The van der Waals surface area contributed by atoms with Gasteiger partial charge in [0.15, 0.2) is 23.9 Å². The lowest BCUT2D eigenvalue weighted by Gasteiger charge is -2.09. The van der Waals surface area contributed by atoms with Gasteiger partial charge < -0.3 is 19.5 Å². The first-order valence-electron chi connectivity index (χ1n) is 8.92. The van der Waals surface area contributed by atoms with E-state index >= 15 is 0 Å². The van der Waals surface area contributed by atoms with Crippen molar-refractivity contribution in [3.8, 4) is 17.6 Å². The molecule has 1 aromatic heterocycles. The smallest absolute Gasteiger partial charge is 0.306 e. The first-order valence-corrected chi connectivity index (χ1v) is 9.80. The van der Waals surface area contributed by atoms with Crippen molar-refractivity contribution in [3.63, 3.8) is 0 Å². The number of carbonyl (C=O) groups excluding carboxylic acids is 3. The lowest BCUT2D eigenvalue weighted by atomic mass is 10.1. The second-order valence-electron chi connectivity index (χ2n) is 6.12. The van der Waals surface area contributed by atoms with Crippen molar-refractivity contribution in [2.45, 2.75) is 19.3 Å². The van der Waals surface area contributed by atoms with Gasteiger partial charge in [0, 0.05) is 18.4 Å². The molecule has 0 unspecified atom stereocenters. The summed E-state index contributed by atoms with van der Waals surface area (Å²) < 4.78 is 16.0. The van der Waals surface area contributed by atoms with Crippen LogP contribution in [0.2, 0.25) is 0 Å². The van der Waals surface area contributed by atoms with E-state index in [4.69, 9.17) is 19.5 Å². The standard InChI is InChI=1S/C20H18N2O6S/c21-11-14-6-9-29-20(14)22-18(24)12-28-19(25)5-3-15(23)13-2-4-16-17(10-13)27-8-1-7-26-16/h2,4,6,9-10H,1,3,5,7-8,12H2,(H,22,24). The normalized spacial score (nSPS) is 12.4. The highest BCUT2D eigenvalue weighted by Crippen LogP contribution is 2.30. The van der Waals surface area contributed by atoms with Gasteiger partial charge in [-0.05, 0) is 29.6 Å². The van der Waals surface area contributed by atoms with Crippen LogP contribution in [0.5, 0.6) is 11.5 Å². The summed E-state index contributed by atoms with van der Waals surface area (Å²) in [6.07, 6.45) is 0.564. The zero-order chi connectivity index (χ0) is 20.6. The van der Waals surface area contributed by atoms with Gasteiger partial charge in [-0.25, -0.2) is 0 Å². The molecule has 0 aliphatic carbocycles. The van der Waals surface area contributed by atoms with E-state index in [0.29, 0.717) is 40.8 Å². The SMILES string of the molecule is N#Cc1ccsc1NC(=O)COC(=O)CCC(=O)c1ccc2c(c1)OCCCO2. The van der Waals surface area contributed by atoms with E-state index in [0.717, 1.165) is 6.42 Å². The van der Waals surface area contributed by atoms with E-state index in [1.165, 1.54) is 11.3 Å². The average Bonchev–Trinajstić information content (AvgIpc) is 3.04. The number of rotatable bonds is 7. The first-order chi connectivity index (χ1) is 14.1. The van der Waals surface area contributed by atoms with Gasteiger partial charge in [-0.1, -0.05) is 0 Å². The van der Waals surface area contributed by atoms with E-state index in [-0.39, 0.29) is 18.6 Å². The van der Waals surface area contributed by atoms with E-state index in [9.17, 15) is 14.4 Å². The first kappa shape index (κ1) is 20.4. The van der Waals surface area contributed by atoms with Crippen molar-refractivity contribution >= 4 is 34.0 Å². The molecule has 0 radical (unpaired) electrons. The highest BCUT2D eigenvalue weighted by molar-refractivity contribution is 7.14. The van der Waals surface area contributed by atoms with Crippen LogP contribution in [0, 0.1) is 11.3 Å². The number of amides is 1. The lowest BCUT2D eigenvalue weighted by Crippen LogP contribution is -2.21. The molecule has 0 saturated heterocycles. The number of hydrogen-bond donors (Lipinski definition) is 1. The second kappa shape index (κ2) is 9.71. The molecule has 1 amide bonds. The van der Waals surface area contributed by atoms with E-state index in [2.05, 4.69) is 5.32 Å². The van der Waals surface area contributed by atoms with Gasteiger partial charge in [-0.3, -0.25) is 14.4 Å². The molecular formula is C20H18N2O6S. The zero-order valence-electron chi connectivity index (χ0n) is 15.4. The fourth-order valence-electron chi connectivity index (χ4n) is 2.57. The van der Waals surface area contributed by atoms with Crippen LogP contribution in [-0.4, -0.2) is 37.5 Å². The fraction of sp³-hybridized carbons (Fsp3) is 0.300. The van der Waals surface area contributed by atoms with Crippen molar-refractivity contribution in [1.29, 1.82) is 5.26 Å². The molecule has 1 aliphatic heterocycles. The Balaban J connectivity index is 1.44. The number of ketones is 1. The van der Waals surface area contributed by atoms with Crippen molar-refractivity contribution in [1.82, 2.24) is 0 Å². The van der Waals surface area contributed by atoms with Crippen LogP contribution in [0.25, 0.3) is 0 Å². The Morgan fingerprint density at radius 1 is 1.14 bits per heavy atom. The molecule has 0 spiro atoms. The molecule has 0 atom stereocenters. The second-order valence-corrected chi connectivity index (χ2v) is 7.04. The molecule has 29 heavy (non-hydrogen) atoms. The van der Waals surface area contributed by atoms with Gasteiger partial charge in [-0.15, -0.1) is 11.3 Å². The van der Waals surface area contributed by atoms with E-state index < -0.39 is 18.5 Å². The Kier molecular flexibility index (Phi) is 6.81. The summed E-state index contributed by atoms with van der Waals surface area (Å²) >= 11 is 1.20. The van der Waals surface area contributed by atoms with Crippen molar-refractivity contribution < 1.29 is 28.6 Å². The third kappa shape index (κ3) is 5.56. The number of hydrogen-bond acceptors (Lipinski definition) is 8. The number of nitrogens with zero attached hydrogens (tertiary/aromatic N) is 1. The molecule has 0 bridgehead atoms. The summed E-state index contributed by atoms with van der Waals surface area (Å²) in [5, 5.41) is 13.5. The molecule has 2 heterocycles. The summed E-state index contributed by atoms with van der Waals surface area (Å²) in [4.78, 5) is 36.0. The predicted molar refractivity (Wildman–Crippen MR) is 104 cm³/mol. The Morgan fingerprint density at radius 3 is 2.72 bits per heavy atom. The monoisotopic (exact) mass is 414 g/mol. The van der Waals surface area contributed by atoms with Crippen LogP contribution in [0.1, 0.15) is 35.2 Å². The molecule has 150 valence electrons. The minimum atomic E-state index is -0.658. The topological polar surface area (TPSA) is 115 Å². The van der Waals surface area contributed by atoms with Crippen LogP contribution in [0.15, 0.2) is 29.6 Å². The lowest BCUT2D eigenvalue weighted by molar-refractivity contribution is -0.147. The number of carbonyl (C=O) groups is 3. The molecule has 8 nitrogen and oxygen atoms in total. The number of fused-ring (bicyclic) bond motifs is 1. The number of nitriles is 1. The van der Waals surface area contributed by atoms with Gasteiger partial charge >= 0.3 is 5.97 Å². The number of Topliss-reactive ketones (excluding diaryl/α,β-unsaturated/α-hetero) is 1. The zero-order valence-corrected chi connectivity index (χ0v) is 16.3. The van der Waals surface area contributed by atoms with Crippen molar-refractivity contribution in [2.24, 2.45) is 0 Å². The average molecular weight is 414 g/mol. The minimum Gasteiger partial charge on any atom is -0.490 e. The van der Waals surface area contributed by atoms with Crippen LogP contribution >= 0.6 is 11.3 Å². The Bertz CT molecular complexity index is 962. The summed E-state index contributed by atoms with van der Waals surface area (Å²) in [5.41, 5.74) is 0.761. The number of benzene rings is 1. The van der Waals surface area contributed by atoms with Gasteiger partial charge in [0.1, 0.15) is 11.1 Å². The molecule has 9 heteroatoms. The number of anilines is 1. The third-order valence-corrected chi connectivity index (χ3v) is 4.86. The molecule has 0 saturated carbocycles. The largest absolute Gasteiger partial charge is 0.490 e. The van der Waals surface area contributed by atoms with E-state index in [1.54, 1.807) is 29.6 Å². The molecule has 1 aromatic carbocycles. The highest BCUT2D eigenvalue weighted by atomic mass is 32.1. The molecule has 3 rings (SSSR count). The molecule has 1 N–H and O–H groups in total. The summed E-state index contributed by atoms with van der Waals surface area (Å²) in [5.74, 6) is -0.340. The number of ether oxygens (including phenoxy) is 3. The summed E-state index contributed by atoms with van der Waals surface area (Å²) in [6, 6.07) is 8.44. The number of esters is 1. The van der Waals surface area contributed by atoms with Gasteiger partial charge in [0.05, 0.1) is 25.2 Å². The Morgan fingerprint density at radius 2 is 1.93 bits per heavy atom. The van der Waals surface area contributed by atoms with Gasteiger partial charge in [0.2, 0.25) is 0 Å². The number of thiophene rings is 1. The maximum atomic E-state index is 12.3. The minimum absolute atomic E-state index is 0.0520. The molecule has 0 fully saturated rings. The maximum absolute atomic E-state index is 12.3.